The molecule has 0 saturated carbocycles. The zero-order valence-electron chi connectivity index (χ0n) is 12.1. The van der Waals surface area contributed by atoms with E-state index in [1.165, 1.54) is 6.07 Å². The molecule has 3 nitrogen and oxygen atoms in total. The molecule has 112 valence electrons. The third kappa shape index (κ3) is 3.54. The minimum absolute atomic E-state index is 0.288. The van der Waals surface area contributed by atoms with Crippen molar-refractivity contribution in [1.82, 2.24) is 0 Å². The number of hydrogen-bond donors (Lipinski definition) is 1. The lowest BCUT2D eigenvalue weighted by molar-refractivity contribution is 0.411. The van der Waals surface area contributed by atoms with Crippen LogP contribution in [0, 0.1) is 12.7 Å². The molecule has 5 heteroatoms. The van der Waals surface area contributed by atoms with Gasteiger partial charge >= 0.3 is 0 Å². The van der Waals surface area contributed by atoms with Gasteiger partial charge in [-0.1, -0.05) is 0 Å². The number of methoxy groups -OCH3 is 1. The summed E-state index contributed by atoms with van der Waals surface area (Å²) in [6, 6.07) is 8.13. The molecule has 21 heavy (non-hydrogen) atoms. The Hall–Kier alpha value is -1.59. The van der Waals surface area contributed by atoms with Gasteiger partial charge in [0.1, 0.15) is 23.1 Å². The molecule has 0 aliphatic rings. The van der Waals surface area contributed by atoms with Crippen LogP contribution < -0.4 is 15.2 Å². The largest absolute Gasteiger partial charge is 0.497 e. The molecule has 0 unspecified atom stereocenters. The van der Waals surface area contributed by atoms with Gasteiger partial charge in [-0.15, -0.1) is 0 Å². The molecule has 2 aromatic carbocycles. The summed E-state index contributed by atoms with van der Waals surface area (Å²) in [6.45, 7) is 3.48. The first kappa shape index (κ1) is 15.8. The normalized spacial score (nSPS) is 12.1. The van der Waals surface area contributed by atoms with E-state index in [0.29, 0.717) is 22.6 Å². The van der Waals surface area contributed by atoms with Gasteiger partial charge in [0.05, 0.1) is 11.6 Å². The number of rotatable bonds is 4. The van der Waals surface area contributed by atoms with Crippen molar-refractivity contribution >= 4 is 15.9 Å². The zero-order valence-corrected chi connectivity index (χ0v) is 13.7. The molecule has 2 rings (SSSR count). The molecule has 0 bridgehead atoms. The number of ether oxygens (including phenoxy) is 2. The van der Waals surface area contributed by atoms with Gasteiger partial charge < -0.3 is 15.2 Å². The first-order valence-corrected chi connectivity index (χ1v) is 7.28. The topological polar surface area (TPSA) is 44.5 Å². The second kappa shape index (κ2) is 6.45. The van der Waals surface area contributed by atoms with Crippen molar-refractivity contribution in [2.75, 3.05) is 7.11 Å². The molecule has 0 radical (unpaired) electrons. The fourth-order valence-electron chi connectivity index (χ4n) is 1.92. The van der Waals surface area contributed by atoms with E-state index in [0.717, 1.165) is 10.2 Å². The molecule has 0 spiro atoms. The van der Waals surface area contributed by atoms with E-state index in [2.05, 4.69) is 15.9 Å². The highest BCUT2D eigenvalue weighted by molar-refractivity contribution is 9.10. The highest BCUT2D eigenvalue weighted by Crippen LogP contribution is 2.36. The minimum Gasteiger partial charge on any atom is -0.497 e. The summed E-state index contributed by atoms with van der Waals surface area (Å²) in [5.74, 6) is 1.60. The number of benzene rings is 2. The number of aryl methyl sites for hydroxylation is 1. The van der Waals surface area contributed by atoms with Crippen molar-refractivity contribution in [2.45, 2.75) is 19.9 Å². The van der Waals surface area contributed by atoms with Crippen molar-refractivity contribution in [3.8, 4) is 17.2 Å². The average Bonchev–Trinajstić information content (AvgIpc) is 2.44. The first-order valence-electron chi connectivity index (χ1n) is 6.49. The summed E-state index contributed by atoms with van der Waals surface area (Å²) < 4.78 is 25.5. The Morgan fingerprint density at radius 3 is 2.48 bits per heavy atom. The van der Waals surface area contributed by atoms with Crippen LogP contribution in [0.25, 0.3) is 0 Å². The molecule has 0 aliphatic heterocycles. The molecule has 0 fully saturated rings. The highest BCUT2D eigenvalue weighted by atomic mass is 79.9. The summed E-state index contributed by atoms with van der Waals surface area (Å²) in [5, 5.41) is 0. The van der Waals surface area contributed by atoms with E-state index in [1.807, 2.05) is 0 Å². The summed E-state index contributed by atoms with van der Waals surface area (Å²) >= 11 is 3.43. The van der Waals surface area contributed by atoms with E-state index in [4.69, 9.17) is 15.2 Å². The molecule has 1 atom stereocenters. The molecule has 0 saturated heterocycles. The first-order chi connectivity index (χ1) is 9.92. The monoisotopic (exact) mass is 353 g/mol. The molecule has 0 aromatic heterocycles. The Kier molecular flexibility index (Phi) is 4.85. The lowest BCUT2D eigenvalue weighted by atomic mass is 10.1. The fourth-order valence-corrected chi connectivity index (χ4v) is 2.36. The Labute approximate surface area is 132 Å². The van der Waals surface area contributed by atoms with Crippen molar-refractivity contribution in [3.63, 3.8) is 0 Å². The number of hydrogen-bond acceptors (Lipinski definition) is 3. The third-order valence-corrected chi connectivity index (χ3v) is 3.76. The zero-order chi connectivity index (χ0) is 15.6. The van der Waals surface area contributed by atoms with Gasteiger partial charge in [-0.05, 0) is 65.7 Å². The molecule has 0 aliphatic carbocycles. The SMILES string of the molecule is COc1ccc(Oc2cc(C)c(F)cc2[C@H](C)N)c(Br)c1. The predicted octanol–water partition coefficient (Wildman–Crippen LogP) is 4.72. The lowest BCUT2D eigenvalue weighted by Crippen LogP contribution is -2.08. The number of nitrogens with two attached hydrogens (primary N) is 1. The van der Waals surface area contributed by atoms with Gasteiger partial charge in [0.2, 0.25) is 0 Å². The molecular formula is C16H17BrFNO2. The van der Waals surface area contributed by atoms with Crippen molar-refractivity contribution in [3.05, 3.63) is 51.7 Å². The standard InChI is InChI=1S/C16H17BrFNO2/c1-9-6-16(12(10(2)19)8-14(9)18)21-15-5-4-11(20-3)7-13(15)17/h4-8,10H,19H2,1-3H3/t10-/m0/s1. The smallest absolute Gasteiger partial charge is 0.141 e. The van der Waals surface area contributed by atoms with Gasteiger partial charge in [0, 0.05) is 11.6 Å². The van der Waals surface area contributed by atoms with Gasteiger partial charge in [-0.2, -0.15) is 0 Å². The third-order valence-electron chi connectivity index (χ3n) is 3.14. The van der Waals surface area contributed by atoms with Crippen LogP contribution in [0.4, 0.5) is 4.39 Å². The fraction of sp³-hybridized carbons (Fsp3) is 0.250. The molecule has 2 N–H and O–H groups in total. The summed E-state index contributed by atoms with van der Waals surface area (Å²) in [4.78, 5) is 0. The van der Waals surface area contributed by atoms with E-state index in [1.54, 1.807) is 45.2 Å². The Morgan fingerprint density at radius 1 is 1.19 bits per heavy atom. The van der Waals surface area contributed by atoms with Gasteiger partial charge in [-0.25, -0.2) is 4.39 Å². The van der Waals surface area contributed by atoms with Crippen LogP contribution in [-0.2, 0) is 0 Å². The van der Waals surface area contributed by atoms with Gasteiger partial charge in [-0.3, -0.25) is 0 Å². The second-order valence-corrected chi connectivity index (χ2v) is 5.68. The van der Waals surface area contributed by atoms with Crippen molar-refractivity contribution in [1.29, 1.82) is 0 Å². The van der Waals surface area contributed by atoms with Crippen LogP contribution >= 0.6 is 15.9 Å². The van der Waals surface area contributed by atoms with Crippen molar-refractivity contribution in [2.24, 2.45) is 5.73 Å². The molecule has 0 amide bonds. The Bertz CT molecular complexity index is 659. The van der Waals surface area contributed by atoms with Crippen LogP contribution in [0.5, 0.6) is 17.2 Å². The summed E-state index contributed by atoms with van der Waals surface area (Å²) in [7, 11) is 1.60. The second-order valence-electron chi connectivity index (χ2n) is 4.83. The van der Waals surface area contributed by atoms with Crippen LogP contribution in [0.3, 0.4) is 0 Å². The van der Waals surface area contributed by atoms with Gasteiger partial charge in [0.25, 0.3) is 0 Å². The van der Waals surface area contributed by atoms with E-state index >= 15 is 0 Å². The quantitative estimate of drug-likeness (QED) is 0.864. The Morgan fingerprint density at radius 2 is 1.90 bits per heavy atom. The summed E-state index contributed by atoms with van der Waals surface area (Å²) in [5.41, 5.74) is 7.03. The van der Waals surface area contributed by atoms with E-state index in [-0.39, 0.29) is 11.9 Å². The van der Waals surface area contributed by atoms with Crippen LogP contribution in [0.15, 0.2) is 34.8 Å². The van der Waals surface area contributed by atoms with Crippen molar-refractivity contribution < 1.29 is 13.9 Å². The minimum atomic E-state index is -0.327. The van der Waals surface area contributed by atoms with Crippen LogP contribution in [0.1, 0.15) is 24.1 Å². The number of halogens is 2. The maximum absolute atomic E-state index is 13.7. The maximum atomic E-state index is 13.7. The highest BCUT2D eigenvalue weighted by Gasteiger charge is 2.14. The molecule has 2 aromatic rings. The maximum Gasteiger partial charge on any atom is 0.141 e. The van der Waals surface area contributed by atoms with Crippen LogP contribution in [-0.4, -0.2) is 7.11 Å². The summed E-state index contributed by atoms with van der Waals surface area (Å²) in [6.07, 6.45) is 0. The average molecular weight is 354 g/mol. The molecule has 0 heterocycles. The van der Waals surface area contributed by atoms with E-state index in [9.17, 15) is 4.39 Å². The lowest BCUT2D eigenvalue weighted by Gasteiger charge is -2.16. The Balaban J connectivity index is 2.41. The van der Waals surface area contributed by atoms with E-state index < -0.39 is 0 Å². The molecular weight excluding hydrogens is 337 g/mol. The van der Waals surface area contributed by atoms with Gasteiger partial charge in [0.15, 0.2) is 0 Å². The predicted molar refractivity (Wildman–Crippen MR) is 84.5 cm³/mol. The van der Waals surface area contributed by atoms with Crippen LogP contribution in [0.2, 0.25) is 0 Å².